The first kappa shape index (κ1) is 12.7. The summed E-state index contributed by atoms with van der Waals surface area (Å²) in [5.74, 6) is 0.111. The van der Waals surface area contributed by atoms with E-state index in [-0.39, 0.29) is 11.3 Å². The Bertz CT molecular complexity index is 883. The molecule has 7 nitrogen and oxygen atoms in total. The molecule has 0 aliphatic carbocycles. The Morgan fingerprint density at radius 3 is 2.85 bits per heavy atom. The number of fused-ring (bicyclic) bond motifs is 3. The Morgan fingerprint density at radius 2 is 2.10 bits per heavy atom. The maximum absolute atomic E-state index is 12.2. The Morgan fingerprint density at radius 1 is 1.35 bits per heavy atom. The largest absolute Gasteiger partial charge is 0.369 e. The van der Waals surface area contributed by atoms with Gasteiger partial charge in [-0.1, -0.05) is 23.9 Å². The third-order valence-corrected chi connectivity index (χ3v) is 3.89. The van der Waals surface area contributed by atoms with Crippen LogP contribution in [0.5, 0.6) is 0 Å². The Labute approximate surface area is 117 Å². The summed E-state index contributed by atoms with van der Waals surface area (Å²) in [6.07, 6.45) is 0. The number of amides is 1. The molecular formula is C12H11N5O2S. The van der Waals surface area contributed by atoms with Crippen LogP contribution in [0.15, 0.2) is 34.2 Å². The fourth-order valence-corrected chi connectivity index (χ4v) is 2.72. The van der Waals surface area contributed by atoms with Crippen molar-refractivity contribution in [2.24, 2.45) is 12.8 Å². The third kappa shape index (κ3) is 1.85. The van der Waals surface area contributed by atoms with Gasteiger partial charge in [-0.25, -0.2) is 0 Å². The summed E-state index contributed by atoms with van der Waals surface area (Å²) in [6, 6.07) is 7.21. The highest BCUT2D eigenvalue weighted by atomic mass is 32.2. The van der Waals surface area contributed by atoms with Gasteiger partial charge in [0.2, 0.25) is 11.7 Å². The van der Waals surface area contributed by atoms with Crippen LogP contribution in [0.3, 0.4) is 0 Å². The first-order valence-corrected chi connectivity index (χ1v) is 6.82. The summed E-state index contributed by atoms with van der Waals surface area (Å²) in [5, 5.41) is 9.14. The van der Waals surface area contributed by atoms with Crippen molar-refractivity contribution < 1.29 is 4.79 Å². The van der Waals surface area contributed by atoms with Gasteiger partial charge in [0.25, 0.3) is 5.56 Å². The first-order chi connectivity index (χ1) is 9.59. The van der Waals surface area contributed by atoms with E-state index < -0.39 is 5.91 Å². The van der Waals surface area contributed by atoms with E-state index in [1.165, 1.54) is 16.3 Å². The van der Waals surface area contributed by atoms with Crippen molar-refractivity contribution in [2.45, 2.75) is 5.16 Å². The van der Waals surface area contributed by atoms with Crippen LogP contribution in [0.2, 0.25) is 0 Å². The van der Waals surface area contributed by atoms with Gasteiger partial charge in [-0.05, 0) is 12.1 Å². The molecule has 102 valence electrons. The first-order valence-electron chi connectivity index (χ1n) is 5.83. The highest BCUT2D eigenvalue weighted by molar-refractivity contribution is 7.99. The molecule has 0 spiro atoms. The molecule has 2 N–H and O–H groups in total. The number of hydrogen-bond donors (Lipinski definition) is 1. The van der Waals surface area contributed by atoms with E-state index >= 15 is 0 Å². The minimum Gasteiger partial charge on any atom is -0.369 e. The van der Waals surface area contributed by atoms with Gasteiger partial charge in [-0.3, -0.25) is 18.6 Å². The van der Waals surface area contributed by atoms with E-state index in [0.29, 0.717) is 21.8 Å². The molecule has 3 aromatic rings. The number of hydrogen-bond acceptors (Lipinski definition) is 5. The second kappa shape index (κ2) is 4.64. The second-order valence-electron chi connectivity index (χ2n) is 4.25. The van der Waals surface area contributed by atoms with E-state index in [1.54, 1.807) is 23.6 Å². The number of aryl methyl sites for hydroxylation is 1. The lowest BCUT2D eigenvalue weighted by Gasteiger charge is -2.06. The van der Waals surface area contributed by atoms with Crippen molar-refractivity contribution in [1.82, 2.24) is 19.2 Å². The van der Waals surface area contributed by atoms with Gasteiger partial charge >= 0.3 is 0 Å². The highest BCUT2D eigenvalue weighted by Crippen LogP contribution is 2.20. The number of para-hydroxylation sites is 1. The maximum Gasteiger partial charge on any atom is 0.262 e. The number of benzene rings is 1. The molecule has 0 aliphatic rings. The molecule has 2 heterocycles. The van der Waals surface area contributed by atoms with E-state index in [4.69, 9.17) is 5.73 Å². The van der Waals surface area contributed by atoms with Gasteiger partial charge in [0.1, 0.15) is 0 Å². The molecule has 8 heteroatoms. The smallest absolute Gasteiger partial charge is 0.262 e. The molecule has 0 atom stereocenters. The molecule has 0 bridgehead atoms. The van der Waals surface area contributed by atoms with Crippen molar-refractivity contribution in [3.63, 3.8) is 0 Å². The van der Waals surface area contributed by atoms with Crippen LogP contribution in [0.25, 0.3) is 16.7 Å². The molecular weight excluding hydrogens is 278 g/mol. The van der Waals surface area contributed by atoms with Crippen LogP contribution < -0.4 is 11.3 Å². The number of carbonyl (C=O) groups is 1. The summed E-state index contributed by atoms with van der Waals surface area (Å²) in [4.78, 5) is 23.1. The Hall–Kier alpha value is -2.35. The topological polar surface area (TPSA) is 95.3 Å². The molecule has 20 heavy (non-hydrogen) atoms. The van der Waals surface area contributed by atoms with Crippen LogP contribution >= 0.6 is 11.8 Å². The Balaban J connectivity index is 2.35. The zero-order valence-corrected chi connectivity index (χ0v) is 11.4. The maximum atomic E-state index is 12.2. The van der Waals surface area contributed by atoms with Crippen LogP contribution in [0.4, 0.5) is 0 Å². The number of thioether (sulfide) groups is 1. The predicted octanol–water partition coefficient (Wildman–Crippen LogP) is 0.159. The standard InChI is InChI=1S/C12H11N5O2S/c1-16-10(19)7-4-2-3-5-8(7)17-11(16)14-15-12(17)20-6-9(13)18/h2-5H,6H2,1H3,(H2,13,18). The summed E-state index contributed by atoms with van der Waals surface area (Å²) in [7, 11) is 1.64. The van der Waals surface area contributed by atoms with E-state index in [0.717, 1.165) is 0 Å². The molecule has 2 aromatic heterocycles. The van der Waals surface area contributed by atoms with Crippen molar-refractivity contribution in [3.8, 4) is 0 Å². The molecule has 3 rings (SSSR count). The monoisotopic (exact) mass is 289 g/mol. The molecule has 1 amide bonds. The van der Waals surface area contributed by atoms with Gasteiger partial charge in [0, 0.05) is 7.05 Å². The van der Waals surface area contributed by atoms with Gasteiger partial charge in [0.15, 0.2) is 5.16 Å². The minimum atomic E-state index is -0.430. The summed E-state index contributed by atoms with van der Waals surface area (Å²) in [6.45, 7) is 0. The van der Waals surface area contributed by atoms with Gasteiger partial charge in [0.05, 0.1) is 16.7 Å². The van der Waals surface area contributed by atoms with Crippen LogP contribution in [-0.4, -0.2) is 30.8 Å². The molecule has 0 radical (unpaired) electrons. The van der Waals surface area contributed by atoms with Crippen molar-refractivity contribution in [1.29, 1.82) is 0 Å². The van der Waals surface area contributed by atoms with Crippen LogP contribution in [0, 0.1) is 0 Å². The van der Waals surface area contributed by atoms with Crippen molar-refractivity contribution in [2.75, 3.05) is 5.75 Å². The lowest BCUT2D eigenvalue weighted by molar-refractivity contribution is -0.115. The molecule has 0 saturated heterocycles. The summed E-state index contributed by atoms with van der Waals surface area (Å²) < 4.78 is 3.19. The zero-order chi connectivity index (χ0) is 14.3. The molecule has 1 aromatic carbocycles. The molecule has 0 aliphatic heterocycles. The fraction of sp³-hybridized carbons (Fsp3) is 0.167. The number of nitrogens with two attached hydrogens (primary N) is 1. The van der Waals surface area contributed by atoms with E-state index in [2.05, 4.69) is 10.2 Å². The van der Waals surface area contributed by atoms with Crippen LogP contribution in [0.1, 0.15) is 0 Å². The Kier molecular flexibility index (Phi) is 2.94. The lowest BCUT2D eigenvalue weighted by atomic mass is 10.2. The minimum absolute atomic E-state index is 0.109. The highest BCUT2D eigenvalue weighted by Gasteiger charge is 2.15. The van der Waals surface area contributed by atoms with E-state index in [9.17, 15) is 9.59 Å². The second-order valence-corrected chi connectivity index (χ2v) is 5.20. The van der Waals surface area contributed by atoms with Crippen molar-refractivity contribution in [3.05, 3.63) is 34.6 Å². The zero-order valence-electron chi connectivity index (χ0n) is 10.6. The average molecular weight is 289 g/mol. The van der Waals surface area contributed by atoms with E-state index in [1.807, 2.05) is 12.1 Å². The SMILES string of the molecule is Cn1c(=O)c2ccccc2n2c(SCC(N)=O)nnc12. The predicted molar refractivity (Wildman–Crippen MR) is 75.7 cm³/mol. The summed E-state index contributed by atoms with van der Waals surface area (Å²) >= 11 is 1.19. The van der Waals surface area contributed by atoms with Crippen LogP contribution in [-0.2, 0) is 11.8 Å². The number of aromatic nitrogens is 4. The lowest BCUT2D eigenvalue weighted by Crippen LogP contribution is -2.20. The number of rotatable bonds is 3. The average Bonchev–Trinajstić information content (AvgIpc) is 2.86. The van der Waals surface area contributed by atoms with Gasteiger partial charge < -0.3 is 5.73 Å². The molecule has 0 fully saturated rings. The number of carbonyl (C=O) groups excluding carboxylic acids is 1. The molecule has 0 saturated carbocycles. The normalized spacial score (nSPS) is 11.2. The molecule has 0 unspecified atom stereocenters. The number of primary amides is 1. The third-order valence-electron chi connectivity index (χ3n) is 2.94. The number of nitrogens with zero attached hydrogens (tertiary/aromatic N) is 4. The van der Waals surface area contributed by atoms with Crippen molar-refractivity contribution >= 4 is 34.3 Å². The summed E-state index contributed by atoms with van der Waals surface area (Å²) in [5.41, 5.74) is 5.73. The van der Waals surface area contributed by atoms with Gasteiger partial charge in [-0.15, -0.1) is 10.2 Å². The quantitative estimate of drug-likeness (QED) is 0.693. The fourth-order valence-electron chi connectivity index (χ4n) is 2.04. The van der Waals surface area contributed by atoms with Gasteiger partial charge in [-0.2, -0.15) is 0 Å².